The van der Waals surface area contributed by atoms with Crippen molar-refractivity contribution in [3.05, 3.63) is 98.9 Å². The highest BCUT2D eigenvalue weighted by Crippen LogP contribution is 2.30. The van der Waals surface area contributed by atoms with E-state index in [4.69, 9.17) is 26.1 Å². The Bertz CT molecular complexity index is 1930. The van der Waals surface area contributed by atoms with Gasteiger partial charge in [-0.05, 0) is 54.3 Å². The van der Waals surface area contributed by atoms with Gasteiger partial charge in [0.1, 0.15) is 23.9 Å². The fourth-order valence-electron chi connectivity index (χ4n) is 5.42. The molecular weight excluding hydrogens is 594 g/mol. The smallest absolute Gasteiger partial charge is 0.439 e. The Morgan fingerprint density at radius 3 is 2.75 bits per heavy atom. The first-order valence-electron chi connectivity index (χ1n) is 14.2. The lowest BCUT2D eigenvalue weighted by Crippen LogP contribution is -2.33. The van der Waals surface area contributed by atoms with E-state index in [-0.39, 0.29) is 29.3 Å². The lowest BCUT2D eigenvalue weighted by atomic mass is 9.99. The van der Waals surface area contributed by atoms with Crippen LogP contribution in [-0.2, 0) is 24.4 Å². The number of aromatic nitrogens is 5. The van der Waals surface area contributed by atoms with Gasteiger partial charge in [0.2, 0.25) is 5.82 Å². The molecule has 0 saturated carbocycles. The van der Waals surface area contributed by atoms with E-state index >= 15 is 0 Å². The number of benzene rings is 2. The van der Waals surface area contributed by atoms with Gasteiger partial charge in [0.15, 0.2) is 11.6 Å². The van der Waals surface area contributed by atoms with E-state index in [0.717, 1.165) is 54.0 Å². The number of pyridine rings is 1. The first-order valence-corrected chi connectivity index (χ1v) is 14.6. The number of aromatic amines is 1. The van der Waals surface area contributed by atoms with Crippen molar-refractivity contribution in [1.29, 1.82) is 0 Å². The highest BCUT2D eigenvalue weighted by molar-refractivity contribution is 6.30. The van der Waals surface area contributed by atoms with Crippen LogP contribution >= 0.6 is 11.6 Å². The molecule has 5 aromatic rings. The van der Waals surface area contributed by atoms with Crippen molar-refractivity contribution in [2.45, 2.75) is 38.6 Å². The average molecular weight is 621 g/mol. The summed E-state index contributed by atoms with van der Waals surface area (Å²) < 4.78 is 46.9. The summed E-state index contributed by atoms with van der Waals surface area (Å²) in [6.07, 6.45) is 5.71. The van der Waals surface area contributed by atoms with E-state index < -0.39 is 17.4 Å². The summed E-state index contributed by atoms with van der Waals surface area (Å²) in [4.78, 5) is 25.6. The predicted octanol–water partition coefficient (Wildman–Crippen LogP) is 5.36. The predicted molar refractivity (Wildman–Crippen MR) is 158 cm³/mol. The normalized spacial score (nSPS) is 17.1. The van der Waals surface area contributed by atoms with Crippen LogP contribution in [0.3, 0.4) is 0 Å². The van der Waals surface area contributed by atoms with Crippen LogP contribution in [0.5, 0.6) is 5.75 Å². The molecule has 226 valence electrons. The molecule has 1 saturated heterocycles. The molecule has 13 heteroatoms. The summed E-state index contributed by atoms with van der Waals surface area (Å²) in [5, 5.41) is 4.02. The first kappa shape index (κ1) is 28.4. The molecule has 3 aromatic heterocycles. The lowest BCUT2D eigenvalue weighted by molar-refractivity contribution is -0.0591. The van der Waals surface area contributed by atoms with Gasteiger partial charge < -0.3 is 14.0 Å². The Morgan fingerprint density at radius 2 is 2.02 bits per heavy atom. The van der Waals surface area contributed by atoms with Crippen molar-refractivity contribution in [3.63, 3.8) is 0 Å². The van der Waals surface area contributed by atoms with Crippen LogP contribution < -0.4 is 10.5 Å². The van der Waals surface area contributed by atoms with Crippen molar-refractivity contribution >= 4 is 28.2 Å². The number of imidazole rings is 1. The molecule has 0 bridgehead atoms. The van der Waals surface area contributed by atoms with Gasteiger partial charge >= 0.3 is 5.76 Å². The van der Waals surface area contributed by atoms with Gasteiger partial charge in [0, 0.05) is 30.3 Å². The highest BCUT2D eigenvalue weighted by Gasteiger charge is 2.24. The van der Waals surface area contributed by atoms with Crippen molar-refractivity contribution in [3.8, 4) is 17.3 Å². The molecule has 0 amide bonds. The summed E-state index contributed by atoms with van der Waals surface area (Å²) in [7, 11) is 0. The molecule has 5 heterocycles. The van der Waals surface area contributed by atoms with E-state index in [1.165, 1.54) is 18.2 Å². The second-order valence-electron chi connectivity index (χ2n) is 10.8. The first-order chi connectivity index (χ1) is 21.4. The van der Waals surface area contributed by atoms with E-state index in [1.807, 2.05) is 0 Å². The molecule has 0 spiro atoms. The number of hydrogen-bond acceptors (Lipinski definition) is 8. The van der Waals surface area contributed by atoms with Crippen LogP contribution in [0, 0.1) is 11.6 Å². The second-order valence-corrected chi connectivity index (χ2v) is 11.2. The molecule has 44 heavy (non-hydrogen) atoms. The third kappa shape index (κ3) is 5.88. The van der Waals surface area contributed by atoms with Gasteiger partial charge in [-0.3, -0.25) is 19.4 Å². The molecule has 10 nitrogen and oxygen atoms in total. The Hall–Kier alpha value is -4.39. The summed E-state index contributed by atoms with van der Waals surface area (Å²) in [6.45, 7) is 3.35. The molecule has 2 aliphatic heterocycles. The van der Waals surface area contributed by atoms with Crippen LogP contribution in [-0.4, -0.2) is 55.4 Å². The van der Waals surface area contributed by atoms with Gasteiger partial charge in [-0.15, -0.1) is 0 Å². The van der Waals surface area contributed by atoms with Gasteiger partial charge in [-0.1, -0.05) is 35.0 Å². The molecule has 0 radical (unpaired) electrons. The summed E-state index contributed by atoms with van der Waals surface area (Å²) in [5.74, 6) is -0.466. The van der Waals surface area contributed by atoms with Crippen LogP contribution in [0.15, 0.2) is 64.1 Å². The zero-order valence-electron chi connectivity index (χ0n) is 23.4. The van der Waals surface area contributed by atoms with Crippen molar-refractivity contribution in [2.75, 3.05) is 19.7 Å². The quantitative estimate of drug-likeness (QED) is 0.234. The van der Waals surface area contributed by atoms with Crippen LogP contribution in [0.1, 0.15) is 29.8 Å². The van der Waals surface area contributed by atoms with Crippen molar-refractivity contribution in [1.82, 2.24) is 29.6 Å². The third-order valence-electron chi connectivity index (χ3n) is 7.93. The number of H-pyrrole nitrogens is 1. The lowest BCUT2D eigenvalue weighted by Gasteiger charge is -2.29. The van der Waals surface area contributed by atoms with Crippen molar-refractivity contribution < 1.29 is 22.8 Å². The maximum atomic E-state index is 14.6. The Balaban J connectivity index is 1.07. The molecular formula is C31H27ClF2N6O4. The summed E-state index contributed by atoms with van der Waals surface area (Å²) in [6, 6.07) is 10.9. The topological polar surface area (TPSA) is 111 Å². The minimum absolute atomic E-state index is 0.0646. The standard InChI is InChI=1S/C31H27ClF2N6O4/c32-21-3-1-20(24(34)12-21)17-43-28-11-19(2-4-23(28)33)18-5-8-39(9-6-18)16-29-36-25-13-26(30-37-31(41)44-38-30)35-14-27(25)40(29)15-22-7-10-42-22/h1-5,11-14,22H,6-10,15-17H2,(H,37,38,41). The van der Waals surface area contributed by atoms with Crippen LogP contribution in [0.2, 0.25) is 5.02 Å². The van der Waals surface area contributed by atoms with E-state index in [1.54, 1.807) is 30.5 Å². The molecule has 2 aromatic carbocycles. The summed E-state index contributed by atoms with van der Waals surface area (Å²) >= 11 is 5.83. The summed E-state index contributed by atoms with van der Waals surface area (Å²) in [5.41, 5.74) is 4.30. The maximum absolute atomic E-state index is 14.6. The molecule has 1 atom stereocenters. The second kappa shape index (κ2) is 11.9. The number of halogens is 3. The fraction of sp³-hybridized carbons (Fsp3) is 0.290. The zero-order valence-corrected chi connectivity index (χ0v) is 24.2. The zero-order chi connectivity index (χ0) is 30.2. The van der Waals surface area contributed by atoms with E-state index in [0.29, 0.717) is 30.9 Å². The fourth-order valence-corrected chi connectivity index (χ4v) is 5.58. The SMILES string of the molecule is O=c1[nH]c(-c2cc3nc(CN4CC=C(c5ccc(F)c(OCc6ccc(Cl)cc6F)c5)CC4)n(CC4CCO4)c3cn2)no1. The van der Waals surface area contributed by atoms with Gasteiger partial charge in [-0.2, -0.15) is 0 Å². The molecule has 1 unspecified atom stereocenters. The molecule has 2 aliphatic rings. The number of nitrogens with one attached hydrogen (secondary N) is 1. The Morgan fingerprint density at radius 1 is 1.14 bits per heavy atom. The van der Waals surface area contributed by atoms with Gasteiger partial charge in [0.05, 0.1) is 36.4 Å². The van der Waals surface area contributed by atoms with Crippen molar-refractivity contribution in [2.24, 2.45) is 0 Å². The number of nitrogens with zero attached hydrogens (tertiary/aromatic N) is 5. The molecule has 1 N–H and O–H groups in total. The molecule has 1 fully saturated rings. The minimum atomic E-state index is -0.648. The number of rotatable bonds is 9. The molecule has 7 rings (SSSR count). The largest absolute Gasteiger partial charge is 0.486 e. The average Bonchev–Trinajstić information content (AvgIpc) is 3.58. The maximum Gasteiger partial charge on any atom is 0.439 e. The third-order valence-corrected chi connectivity index (χ3v) is 8.17. The number of hydrogen-bond donors (Lipinski definition) is 1. The van der Waals surface area contributed by atoms with E-state index in [2.05, 4.69) is 35.2 Å². The number of fused-ring (bicyclic) bond motifs is 1. The highest BCUT2D eigenvalue weighted by atomic mass is 35.5. The van der Waals surface area contributed by atoms with Gasteiger partial charge in [0.25, 0.3) is 0 Å². The number of ether oxygens (including phenoxy) is 2. The van der Waals surface area contributed by atoms with E-state index in [9.17, 15) is 13.6 Å². The molecule has 0 aliphatic carbocycles. The van der Waals surface area contributed by atoms with Gasteiger partial charge in [-0.25, -0.2) is 18.6 Å². The Labute approximate surface area is 254 Å². The monoisotopic (exact) mass is 620 g/mol. The Kier molecular flexibility index (Phi) is 7.71. The van der Waals surface area contributed by atoms with Crippen LogP contribution in [0.4, 0.5) is 8.78 Å². The minimum Gasteiger partial charge on any atom is -0.486 e. The van der Waals surface area contributed by atoms with Crippen LogP contribution in [0.25, 0.3) is 28.1 Å².